The van der Waals surface area contributed by atoms with Crippen LogP contribution in [0.1, 0.15) is 5.56 Å². The van der Waals surface area contributed by atoms with E-state index in [9.17, 15) is 4.79 Å². The van der Waals surface area contributed by atoms with E-state index in [4.69, 9.17) is 16.3 Å². The summed E-state index contributed by atoms with van der Waals surface area (Å²) in [7, 11) is 3.37. The first-order chi connectivity index (χ1) is 10.6. The Kier molecular flexibility index (Phi) is 4.42. The lowest BCUT2D eigenvalue weighted by atomic mass is 10.2. The van der Waals surface area contributed by atoms with E-state index in [1.165, 1.54) is 23.1 Å². The van der Waals surface area contributed by atoms with Gasteiger partial charge < -0.3 is 4.74 Å². The molecule has 0 aliphatic rings. The predicted octanol–water partition coefficient (Wildman–Crippen LogP) is 3.95. The van der Waals surface area contributed by atoms with Gasteiger partial charge in [-0.25, -0.2) is 4.98 Å². The second-order valence-electron chi connectivity index (χ2n) is 4.64. The molecule has 0 aliphatic heterocycles. The summed E-state index contributed by atoms with van der Waals surface area (Å²) in [5, 5.41) is 3.22. The lowest BCUT2D eigenvalue weighted by Gasteiger charge is -2.10. The molecule has 0 atom stereocenters. The smallest absolute Gasteiger partial charge is 0.271 e. The van der Waals surface area contributed by atoms with E-state index < -0.39 is 0 Å². The second-order valence-corrected chi connectivity index (χ2v) is 6.93. The van der Waals surface area contributed by atoms with Crippen molar-refractivity contribution in [2.24, 2.45) is 7.05 Å². The second kappa shape index (κ2) is 6.32. The lowest BCUT2D eigenvalue weighted by Crippen LogP contribution is -2.18. The zero-order valence-electron chi connectivity index (χ0n) is 12.0. The van der Waals surface area contributed by atoms with Crippen LogP contribution in [0.2, 0.25) is 5.02 Å². The molecule has 114 valence electrons. The number of thiophene rings is 1. The molecule has 3 rings (SSSR count). The van der Waals surface area contributed by atoms with Gasteiger partial charge in [-0.15, -0.1) is 11.3 Å². The van der Waals surface area contributed by atoms with Crippen LogP contribution in [0.3, 0.4) is 0 Å². The van der Waals surface area contributed by atoms with Crippen LogP contribution >= 0.6 is 34.7 Å². The van der Waals surface area contributed by atoms with Crippen molar-refractivity contribution in [1.29, 1.82) is 0 Å². The van der Waals surface area contributed by atoms with E-state index in [0.717, 1.165) is 16.8 Å². The fourth-order valence-electron chi connectivity index (χ4n) is 2.10. The van der Waals surface area contributed by atoms with Crippen molar-refractivity contribution in [3.05, 3.63) is 50.6 Å². The molecule has 0 saturated carbocycles. The predicted molar refractivity (Wildman–Crippen MR) is 92.4 cm³/mol. The van der Waals surface area contributed by atoms with E-state index in [2.05, 4.69) is 4.98 Å². The van der Waals surface area contributed by atoms with Crippen molar-refractivity contribution in [3.63, 3.8) is 0 Å². The summed E-state index contributed by atoms with van der Waals surface area (Å²) in [6.45, 7) is 0. The van der Waals surface area contributed by atoms with E-state index in [1.54, 1.807) is 24.8 Å². The fourth-order valence-corrected chi connectivity index (χ4v) is 4.05. The van der Waals surface area contributed by atoms with Gasteiger partial charge in [0, 0.05) is 23.4 Å². The third-order valence-electron chi connectivity index (χ3n) is 3.25. The minimum atomic E-state index is -0.0134. The van der Waals surface area contributed by atoms with Gasteiger partial charge in [-0.3, -0.25) is 9.36 Å². The molecule has 4 nitrogen and oxygen atoms in total. The fraction of sp³-hybridized carbons (Fsp3) is 0.200. The summed E-state index contributed by atoms with van der Waals surface area (Å²) in [6, 6.07) is 7.37. The summed E-state index contributed by atoms with van der Waals surface area (Å²) in [5.41, 5.74) is 1.70. The highest BCUT2D eigenvalue weighted by Crippen LogP contribution is 2.29. The summed E-state index contributed by atoms with van der Waals surface area (Å²) >= 11 is 8.95. The number of hydrogen-bond donors (Lipinski definition) is 0. The number of nitrogens with zero attached hydrogens (tertiary/aromatic N) is 2. The van der Waals surface area contributed by atoms with Gasteiger partial charge in [-0.2, -0.15) is 0 Å². The Labute approximate surface area is 140 Å². The standard InChI is InChI=1S/C15H13ClN2O2S2/c1-18-14(19)13-11(5-6-21-13)17-15(18)22-8-9-7-10(16)3-4-12(9)20-2/h3-7H,8H2,1-2H3. The minimum Gasteiger partial charge on any atom is -0.496 e. The van der Waals surface area contributed by atoms with Crippen molar-refractivity contribution in [2.75, 3.05) is 7.11 Å². The van der Waals surface area contributed by atoms with Gasteiger partial charge in [-0.1, -0.05) is 23.4 Å². The summed E-state index contributed by atoms with van der Waals surface area (Å²) in [5.74, 6) is 1.40. The van der Waals surface area contributed by atoms with Crippen LogP contribution in [0.15, 0.2) is 39.6 Å². The Morgan fingerprint density at radius 3 is 3.00 bits per heavy atom. The molecule has 0 unspecified atom stereocenters. The van der Waals surface area contributed by atoms with Crippen molar-refractivity contribution >= 4 is 44.9 Å². The Bertz CT molecular complexity index is 889. The van der Waals surface area contributed by atoms with Crippen molar-refractivity contribution in [1.82, 2.24) is 9.55 Å². The number of rotatable bonds is 4. The van der Waals surface area contributed by atoms with Gasteiger partial charge in [0.25, 0.3) is 5.56 Å². The molecule has 1 aromatic carbocycles. The number of ether oxygens (including phenoxy) is 1. The molecule has 0 amide bonds. The van der Waals surface area contributed by atoms with Crippen molar-refractivity contribution in [3.8, 4) is 5.75 Å². The Hall–Kier alpha value is -1.50. The molecule has 0 fully saturated rings. The van der Waals surface area contributed by atoms with E-state index in [-0.39, 0.29) is 5.56 Å². The number of aromatic nitrogens is 2. The number of fused-ring (bicyclic) bond motifs is 1. The molecular formula is C15H13ClN2O2S2. The molecule has 22 heavy (non-hydrogen) atoms. The van der Waals surface area contributed by atoms with Crippen LogP contribution in [0.5, 0.6) is 5.75 Å². The number of methoxy groups -OCH3 is 1. The van der Waals surface area contributed by atoms with Gasteiger partial charge in [0.15, 0.2) is 5.16 Å². The molecule has 0 bridgehead atoms. The van der Waals surface area contributed by atoms with Gasteiger partial charge in [0.1, 0.15) is 10.4 Å². The zero-order chi connectivity index (χ0) is 15.7. The normalized spacial score (nSPS) is 11.0. The number of hydrogen-bond acceptors (Lipinski definition) is 5. The van der Waals surface area contributed by atoms with Crippen LogP contribution in [-0.2, 0) is 12.8 Å². The molecule has 2 heterocycles. The average Bonchev–Trinajstić information content (AvgIpc) is 2.98. The van der Waals surface area contributed by atoms with Crippen LogP contribution in [0.25, 0.3) is 10.2 Å². The molecule has 3 aromatic rings. The Morgan fingerprint density at radius 1 is 1.41 bits per heavy atom. The SMILES string of the molecule is COc1ccc(Cl)cc1CSc1nc2ccsc2c(=O)n1C. The quantitative estimate of drug-likeness (QED) is 0.527. The lowest BCUT2D eigenvalue weighted by molar-refractivity contribution is 0.411. The topological polar surface area (TPSA) is 44.1 Å². The molecule has 0 N–H and O–H groups in total. The van der Waals surface area contributed by atoms with Gasteiger partial charge in [-0.05, 0) is 29.6 Å². The van der Waals surface area contributed by atoms with E-state index in [0.29, 0.717) is 20.6 Å². The van der Waals surface area contributed by atoms with Gasteiger partial charge in [0.05, 0.1) is 12.6 Å². The summed E-state index contributed by atoms with van der Waals surface area (Å²) in [4.78, 5) is 16.8. The molecule has 7 heteroatoms. The highest BCUT2D eigenvalue weighted by Gasteiger charge is 2.11. The molecule has 0 saturated heterocycles. The first kappa shape index (κ1) is 15.4. The molecular weight excluding hydrogens is 340 g/mol. The van der Waals surface area contributed by atoms with Crippen molar-refractivity contribution < 1.29 is 4.74 Å². The van der Waals surface area contributed by atoms with E-state index >= 15 is 0 Å². The minimum absolute atomic E-state index is 0.0134. The Morgan fingerprint density at radius 2 is 2.23 bits per heavy atom. The number of thioether (sulfide) groups is 1. The zero-order valence-corrected chi connectivity index (χ0v) is 14.4. The van der Waals surface area contributed by atoms with Gasteiger partial charge in [0.2, 0.25) is 0 Å². The van der Waals surface area contributed by atoms with Crippen molar-refractivity contribution in [2.45, 2.75) is 10.9 Å². The number of benzene rings is 1. The first-order valence-corrected chi connectivity index (χ1v) is 8.74. The molecule has 0 aliphatic carbocycles. The van der Waals surface area contributed by atoms with E-state index in [1.807, 2.05) is 23.6 Å². The Balaban J connectivity index is 1.93. The third-order valence-corrected chi connectivity index (χ3v) is 5.45. The largest absolute Gasteiger partial charge is 0.496 e. The molecule has 0 spiro atoms. The maximum absolute atomic E-state index is 12.3. The van der Waals surface area contributed by atoms with Crippen LogP contribution in [0, 0.1) is 0 Å². The van der Waals surface area contributed by atoms with Gasteiger partial charge >= 0.3 is 0 Å². The summed E-state index contributed by atoms with van der Waals surface area (Å²) in [6.07, 6.45) is 0. The molecule has 0 radical (unpaired) electrons. The van der Waals surface area contributed by atoms with Crippen LogP contribution < -0.4 is 10.3 Å². The average molecular weight is 353 g/mol. The number of halogens is 1. The third kappa shape index (κ3) is 2.86. The first-order valence-electron chi connectivity index (χ1n) is 6.49. The molecule has 2 aromatic heterocycles. The summed E-state index contributed by atoms with van der Waals surface area (Å²) < 4.78 is 7.61. The highest BCUT2D eigenvalue weighted by molar-refractivity contribution is 7.98. The highest BCUT2D eigenvalue weighted by atomic mass is 35.5. The monoisotopic (exact) mass is 352 g/mol. The maximum atomic E-state index is 12.3. The maximum Gasteiger partial charge on any atom is 0.271 e. The van der Waals surface area contributed by atoms with Crippen LogP contribution in [-0.4, -0.2) is 16.7 Å². The van der Waals surface area contributed by atoms with Crippen LogP contribution in [0.4, 0.5) is 0 Å².